The zero-order chi connectivity index (χ0) is 14.6. The highest BCUT2D eigenvalue weighted by Crippen LogP contribution is 2.25. The van der Waals surface area contributed by atoms with Crippen molar-refractivity contribution in [3.63, 3.8) is 0 Å². The predicted octanol–water partition coefficient (Wildman–Crippen LogP) is 2.89. The number of aromatic nitrogens is 1. The van der Waals surface area contributed by atoms with Crippen molar-refractivity contribution in [2.45, 2.75) is 32.4 Å². The maximum atomic E-state index is 5.85. The van der Waals surface area contributed by atoms with Crippen LogP contribution >= 0.6 is 0 Å². The summed E-state index contributed by atoms with van der Waals surface area (Å²) in [6.07, 6.45) is 0.798. The summed E-state index contributed by atoms with van der Waals surface area (Å²) in [5.74, 6) is 0.649. The van der Waals surface area contributed by atoms with E-state index in [0.29, 0.717) is 19.0 Å². The molecule has 0 saturated heterocycles. The molecule has 0 spiro atoms. The van der Waals surface area contributed by atoms with Crippen LogP contribution < -0.4 is 10.5 Å². The molecule has 1 aromatic heterocycles. The third-order valence-electron chi connectivity index (χ3n) is 3.46. The lowest BCUT2D eigenvalue weighted by atomic mass is 10.1. The number of pyridine rings is 1. The summed E-state index contributed by atoms with van der Waals surface area (Å²) in [6, 6.07) is 10.0. The van der Waals surface area contributed by atoms with Gasteiger partial charge >= 0.3 is 0 Å². The fourth-order valence-electron chi connectivity index (χ4n) is 1.93. The van der Waals surface area contributed by atoms with E-state index in [-0.39, 0.29) is 5.60 Å². The molecule has 2 aromatic rings. The van der Waals surface area contributed by atoms with Crippen molar-refractivity contribution in [1.29, 1.82) is 0 Å². The minimum Gasteiger partial charge on any atom is -0.477 e. The van der Waals surface area contributed by atoms with Crippen LogP contribution in [0.15, 0.2) is 30.3 Å². The number of nitrogens with two attached hydrogens (primary N) is 1. The van der Waals surface area contributed by atoms with Crippen LogP contribution in [0, 0.1) is 0 Å². The molecule has 1 heterocycles. The standard InChI is InChI=1S/C16H22N2O2/c1-16(2,19-3)8-9-20-15-14-7-5-4-6-12(14)10-13(11-17)18-15/h4-7,10H,8-9,11,17H2,1-3H3. The minimum atomic E-state index is -0.193. The second-order valence-corrected chi connectivity index (χ2v) is 5.41. The van der Waals surface area contributed by atoms with E-state index in [1.165, 1.54) is 0 Å². The van der Waals surface area contributed by atoms with Crippen molar-refractivity contribution in [2.24, 2.45) is 5.73 Å². The third kappa shape index (κ3) is 3.46. The molecule has 1 aromatic carbocycles. The summed E-state index contributed by atoms with van der Waals surface area (Å²) >= 11 is 0. The molecular weight excluding hydrogens is 252 g/mol. The van der Waals surface area contributed by atoms with Gasteiger partial charge < -0.3 is 15.2 Å². The molecule has 4 nitrogen and oxygen atoms in total. The van der Waals surface area contributed by atoms with Gasteiger partial charge in [0.05, 0.1) is 17.9 Å². The quantitative estimate of drug-likeness (QED) is 0.880. The Hall–Kier alpha value is -1.65. The van der Waals surface area contributed by atoms with Gasteiger partial charge in [-0.2, -0.15) is 0 Å². The molecule has 108 valence electrons. The number of hydrogen-bond donors (Lipinski definition) is 1. The Morgan fingerprint density at radius 1 is 1.25 bits per heavy atom. The molecule has 0 fully saturated rings. The van der Waals surface area contributed by atoms with Crippen LogP contribution in [0.2, 0.25) is 0 Å². The van der Waals surface area contributed by atoms with Gasteiger partial charge in [-0.25, -0.2) is 4.98 Å². The molecule has 0 aliphatic heterocycles. The Kier molecular flexibility index (Phi) is 4.57. The van der Waals surface area contributed by atoms with Gasteiger partial charge in [0.2, 0.25) is 5.88 Å². The zero-order valence-electron chi connectivity index (χ0n) is 12.3. The summed E-state index contributed by atoms with van der Waals surface area (Å²) in [4.78, 5) is 4.48. The normalized spacial score (nSPS) is 11.8. The first-order valence-electron chi connectivity index (χ1n) is 6.82. The molecule has 0 atom stereocenters. The molecule has 0 aliphatic rings. The first-order chi connectivity index (χ1) is 9.55. The highest BCUT2D eigenvalue weighted by molar-refractivity contribution is 5.87. The molecule has 0 amide bonds. The van der Waals surface area contributed by atoms with Gasteiger partial charge in [0.1, 0.15) is 0 Å². The van der Waals surface area contributed by atoms with E-state index < -0.39 is 0 Å². The number of benzene rings is 1. The van der Waals surface area contributed by atoms with Gasteiger partial charge in [-0.1, -0.05) is 18.2 Å². The summed E-state index contributed by atoms with van der Waals surface area (Å²) in [6.45, 7) is 5.05. The molecule has 0 aliphatic carbocycles. The van der Waals surface area contributed by atoms with E-state index in [9.17, 15) is 0 Å². The van der Waals surface area contributed by atoms with Gasteiger partial charge in [0, 0.05) is 25.5 Å². The molecule has 2 rings (SSSR count). The summed E-state index contributed by atoms with van der Waals surface area (Å²) < 4.78 is 11.2. The van der Waals surface area contributed by atoms with Crippen LogP contribution in [0.4, 0.5) is 0 Å². The van der Waals surface area contributed by atoms with E-state index >= 15 is 0 Å². The maximum Gasteiger partial charge on any atom is 0.221 e. The third-order valence-corrected chi connectivity index (χ3v) is 3.46. The molecule has 20 heavy (non-hydrogen) atoms. The van der Waals surface area contributed by atoms with Crippen LogP contribution in [0.1, 0.15) is 26.0 Å². The van der Waals surface area contributed by atoms with Gasteiger partial charge in [0.25, 0.3) is 0 Å². The van der Waals surface area contributed by atoms with Crippen molar-refractivity contribution in [3.05, 3.63) is 36.0 Å². The summed E-state index contributed by atoms with van der Waals surface area (Å²) in [5, 5.41) is 2.11. The van der Waals surface area contributed by atoms with Crippen molar-refractivity contribution < 1.29 is 9.47 Å². The second kappa shape index (κ2) is 6.20. The van der Waals surface area contributed by atoms with Crippen molar-refractivity contribution in [1.82, 2.24) is 4.98 Å². The average Bonchev–Trinajstić information content (AvgIpc) is 2.46. The molecular formula is C16H22N2O2. The fraction of sp³-hybridized carbons (Fsp3) is 0.438. The molecule has 4 heteroatoms. The van der Waals surface area contributed by atoms with Gasteiger partial charge in [-0.05, 0) is 31.4 Å². The van der Waals surface area contributed by atoms with E-state index in [4.69, 9.17) is 15.2 Å². The first kappa shape index (κ1) is 14.8. The molecule has 2 N–H and O–H groups in total. The van der Waals surface area contributed by atoms with Crippen molar-refractivity contribution in [2.75, 3.05) is 13.7 Å². The smallest absolute Gasteiger partial charge is 0.221 e. The average molecular weight is 274 g/mol. The number of hydrogen-bond acceptors (Lipinski definition) is 4. The van der Waals surface area contributed by atoms with Gasteiger partial charge in [-0.3, -0.25) is 0 Å². The van der Waals surface area contributed by atoms with E-state index in [2.05, 4.69) is 4.98 Å². The van der Waals surface area contributed by atoms with Crippen LogP contribution in [-0.2, 0) is 11.3 Å². The lowest BCUT2D eigenvalue weighted by Gasteiger charge is -2.22. The van der Waals surface area contributed by atoms with E-state index in [1.807, 2.05) is 44.2 Å². The Balaban J connectivity index is 2.20. The Bertz CT molecular complexity index is 582. The Morgan fingerprint density at radius 3 is 2.70 bits per heavy atom. The zero-order valence-corrected chi connectivity index (χ0v) is 12.3. The molecule has 0 saturated carbocycles. The van der Waals surface area contributed by atoms with Gasteiger partial charge in [0.15, 0.2) is 0 Å². The lowest BCUT2D eigenvalue weighted by Crippen LogP contribution is -2.25. The monoisotopic (exact) mass is 274 g/mol. The van der Waals surface area contributed by atoms with E-state index in [0.717, 1.165) is 22.9 Å². The maximum absolute atomic E-state index is 5.85. The second-order valence-electron chi connectivity index (χ2n) is 5.41. The largest absolute Gasteiger partial charge is 0.477 e. The fourth-order valence-corrected chi connectivity index (χ4v) is 1.93. The number of nitrogens with zero attached hydrogens (tertiary/aromatic N) is 1. The van der Waals surface area contributed by atoms with E-state index in [1.54, 1.807) is 7.11 Å². The summed E-state index contributed by atoms with van der Waals surface area (Å²) in [7, 11) is 1.71. The number of fused-ring (bicyclic) bond motifs is 1. The topological polar surface area (TPSA) is 57.4 Å². The van der Waals surface area contributed by atoms with Crippen molar-refractivity contribution in [3.8, 4) is 5.88 Å². The van der Waals surface area contributed by atoms with Crippen LogP contribution in [0.25, 0.3) is 10.8 Å². The molecule has 0 unspecified atom stereocenters. The SMILES string of the molecule is COC(C)(C)CCOc1nc(CN)cc2ccccc12. The first-order valence-corrected chi connectivity index (χ1v) is 6.82. The number of rotatable bonds is 6. The molecule has 0 bridgehead atoms. The highest BCUT2D eigenvalue weighted by atomic mass is 16.5. The van der Waals surface area contributed by atoms with Gasteiger partial charge in [-0.15, -0.1) is 0 Å². The van der Waals surface area contributed by atoms with Crippen molar-refractivity contribution >= 4 is 10.8 Å². The number of ether oxygens (including phenoxy) is 2. The number of methoxy groups -OCH3 is 1. The van der Waals surface area contributed by atoms with Crippen LogP contribution in [-0.4, -0.2) is 24.3 Å². The van der Waals surface area contributed by atoms with Crippen LogP contribution in [0.3, 0.4) is 0 Å². The predicted molar refractivity (Wildman–Crippen MR) is 80.8 cm³/mol. The Labute approximate surface area is 119 Å². The highest BCUT2D eigenvalue weighted by Gasteiger charge is 2.16. The minimum absolute atomic E-state index is 0.193. The van der Waals surface area contributed by atoms with Crippen LogP contribution in [0.5, 0.6) is 5.88 Å². The Morgan fingerprint density at radius 2 is 2.00 bits per heavy atom. The lowest BCUT2D eigenvalue weighted by molar-refractivity contribution is 0.00521. The molecule has 0 radical (unpaired) electrons. The summed E-state index contributed by atoms with van der Waals surface area (Å²) in [5.41, 5.74) is 6.34.